The number of fused-ring (bicyclic) bond motifs is 1. The lowest BCUT2D eigenvalue weighted by Gasteiger charge is -2.20. The van der Waals surface area contributed by atoms with Crippen molar-refractivity contribution in [2.45, 2.75) is 26.1 Å². The third-order valence-corrected chi connectivity index (χ3v) is 6.05. The molecule has 1 amide bonds. The molecular formula is C28H31N3O6. The Morgan fingerprint density at radius 3 is 2.70 bits per heavy atom. The average Bonchev–Trinajstić information content (AvgIpc) is 3.39. The van der Waals surface area contributed by atoms with E-state index in [9.17, 15) is 19.8 Å². The number of pyridine rings is 1. The zero-order valence-electron chi connectivity index (χ0n) is 20.6. The molecule has 0 aliphatic heterocycles. The fourth-order valence-electron chi connectivity index (χ4n) is 4.09. The van der Waals surface area contributed by atoms with Crippen LogP contribution in [0.3, 0.4) is 0 Å². The third kappa shape index (κ3) is 6.58. The van der Waals surface area contributed by atoms with E-state index in [0.717, 1.165) is 5.75 Å². The van der Waals surface area contributed by atoms with Gasteiger partial charge in [-0.1, -0.05) is 24.3 Å². The van der Waals surface area contributed by atoms with E-state index in [1.807, 2.05) is 37.3 Å². The van der Waals surface area contributed by atoms with Crippen LogP contribution in [0.4, 0.5) is 0 Å². The van der Waals surface area contributed by atoms with E-state index in [2.05, 4.69) is 10.3 Å². The minimum absolute atomic E-state index is 0.0478. The number of para-hydroxylation sites is 1. The van der Waals surface area contributed by atoms with Gasteiger partial charge in [-0.05, 0) is 61.9 Å². The van der Waals surface area contributed by atoms with Gasteiger partial charge in [0.2, 0.25) is 5.56 Å². The molecule has 9 heteroatoms. The van der Waals surface area contributed by atoms with Crippen molar-refractivity contribution in [2.75, 3.05) is 26.2 Å². The van der Waals surface area contributed by atoms with Gasteiger partial charge in [0.1, 0.15) is 23.9 Å². The zero-order valence-corrected chi connectivity index (χ0v) is 20.6. The van der Waals surface area contributed by atoms with Crippen molar-refractivity contribution in [1.82, 2.24) is 15.2 Å². The van der Waals surface area contributed by atoms with Crippen molar-refractivity contribution >= 4 is 16.8 Å². The number of phenolic OH excluding ortho intramolecular Hbond substituents is 1. The lowest BCUT2D eigenvalue weighted by molar-refractivity contribution is 0.0725. The maximum absolute atomic E-state index is 12.9. The van der Waals surface area contributed by atoms with Gasteiger partial charge in [0.25, 0.3) is 5.91 Å². The van der Waals surface area contributed by atoms with Gasteiger partial charge in [-0.25, -0.2) is 0 Å². The zero-order chi connectivity index (χ0) is 26.2. The molecule has 0 fully saturated rings. The Balaban J connectivity index is 1.24. The van der Waals surface area contributed by atoms with Crippen LogP contribution in [0.15, 0.2) is 75.9 Å². The van der Waals surface area contributed by atoms with Gasteiger partial charge < -0.3 is 34.6 Å². The second-order valence-corrected chi connectivity index (χ2v) is 8.61. The molecular weight excluding hydrogens is 474 g/mol. The molecule has 9 nitrogen and oxygen atoms in total. The summed E-state index contributed by atoms with van der Waals surface area (Å²) in [6, 6.07) is 18.9. The van der Waals surface area contributed by atoms with Crippen molar-refractivity contribution in [3.63, 3.8) is 0 Å². The summed E-state index contributed by atoms with van der Waals surface area (Å²) in [5.41, 5.74) is 0.578. The van der Waals surface area contributed by atoms with E-state index in [1.165, 1.54) is 12.1 Å². The van der Waals surface area contributed by atoms with E-state index in [-0.39, 0.29) is 36.1 Å². The number of benzene rings is 2. The van der Waals surface area contributed by atoms with Crippen molar-refractivity contribution in [3.05, 3.63) is 94.2 Å². The Labute approximate surface area is 214 Å². The second-order valence-electron chi connectivity index (χ2n) is 8.61. The molecule has 0 radical (unpaired) electrons. The van der Waals surface area contributed by atoms with Crippen LogP contribution < -0.4 is 15.6 Å². The molecule has 0 aliphatic rings. The average molecular weight is 506 g/mol. The predicted octanol–water partition coefficient (Wildman–Crippen LogP) is 3.58. The number of carbonyl (C=O) groups excluding carboxylic acids is 1. The number of hydrogen-bond donors (Lipinski definition) is 4. The Bertz CT molecular complexity index is 1380. The number of aromatic nitrogens is 1. The molecule has 0 aliphatic carbocycles. The highest BCUT2D eigenvalue weighted by Gasteiger charge is 2.18. The van der Waals surface area contributed by atoms with Crippen LogP contribution in [-0.2, 0) is 6.61 Å². The van der Waals surface area contributed by atoms with Gasteiger partial charge in [-0.2, -0.15) is 0 Å². The van der Waals surface area contributed by atoms with Gasteiger partial charge in [0.05, 0.1) is 11.6 Å². The number of ether oxygens (including phenoxy) is 1. The van der Waals surface area contributed by atoms with Gasteiger partial charge >= 0.3 is 0 Å². The van der Waals surface area contributed by atoms with Crippen molar-refractivity contribution in [3.8, 4) is 11.5 Å². The summed E-state index contributed by atoms with van der Waals surface area (Å²) in [4.78, 5) is 28.8. The first-order chi connectivity index (χ1) is 18.0. The van der Waals surface area contributed by atoms with Crippen molar-refractivity contribution in [2.24, 2.45) is 0 Å². The van der Waals surface area contributed by atoms with Gasteiger partial charge in [0.15, 0.2) is 5.76 Å². The number of H-pyrrole nitrogens is 1. The number of aliphatic hydroxyl groups excluding tert-OH is 1. The SMILES string of the molecule is CCN(CCCNCC(O)c1ccc(O)c2[nH]c(=O)ccc12)C(=O)c1ccc(COc2ccccc2)o1. The van der Waals surface area contributed by atoms with E-state index < -0.39 is 6.10 Å². The molecule has 4 N–H and O–H groups in total. The summed E-state index contributed by atoms with van der Waals surface area (Å²) in [5.74, 6) is 1.35. The monoisotopic (exact) mass is 505 g/mol. The second kappa shape index (κ2) is 12.2. The van der Waals surface area contributed by atoms with Crippen LogP contribution in [0.2, 0.25) is 0 Å². The Hall–Kier alpha value is -4.08. The fourth-order valence-corrected chi connectivity index (χ4v) is 4.09. The van der Waals surface area contributed by atoms with E-state index in [1.54, 1.807) is 29.2 Å². The number of hydrogen-bond acceptors (Lipinski definition) is 7. The Kier molecular flexibility index (Phi) is 8.60. The number of nitrogens with zero attached hydrogens (tertiary/aromatic N) is 1. The molecule has 2 heterocycles. The maximum Gasteiger partial charge on any atom is 0.289 e. The smallest absolute Gasteiger partial charge is 0.289 e. The first-order valence-corrected chi connectivity index (χ1v) is 12.3. The molecule has 4 aromatic rings. The van der Waals surface area contributed by atoms with Crippen LogP contribution in [0, 0.1) is 0 Å². The minimum atomic E-state index is -0.836. The van der Waals surface area contributed by atoms with Crippen molar-refractivity contribution in [1.29, 1.82) is 0 Å². The quantitative estimate of drug-likeness (QED) is 0.217. The molecule has 37 heavy (non-hydrogen) atoms. The highest BCUT2D eigenvalue weighted by atomic mass is 16.5. The normalized spacial score (nSPS) is 11.9. The van der Waals surface area contributed by atoms with Crippen LogP contribution in [-0.4, -0.2) is 52.2 Å². The molecule has 0 saturated heterocycles. The molecule has 194 valence electrons. The molecule has 0 bridgehead atoms. The van der Waals surface area contributed by atoms with Crippen molar-refractivity contribution < 1.29 is 24.2 Å². The standard InChI is InChI=1S/C28H31N3O6/c1-2-31(28(35)25-13-9-20(37-25)18-36-19-7-4-3-5-8-19)16-6-15-29-17-24(33)21-10-12-23(32)27-22(21)11-14-26(34)30-27/h3-5,7-14,24,29,32-33H,2,6,15-18H2,1H3,(H,30,34). The first-order valence-electron chi connectivity index (χ1n) is 12.3. The Morgan fingerprint density at radius 2 is 1.92 bits per heavy atom. The number of amides is 1. The number of phenols is 1. The third-order valence-electron chi connectivity index (χ3n) is 6.05. The molecule has 1 unspecified atom stereocenters. The summed E-state index contributed by atoms with van der Waals surface area (Å²) >= 11 is 0. The van der Waals surface area contributed by atoms with Gasteiger partial charge in [-0.15, -0.1) is 0 Å². The topological polar surface area (TPSA) is 128 Å². The molecule has 4 rings (SSSR count). The number of furan rings is 1. The summed E-state index contributed by atoms with van der Waals surface area (Å²) in [6.45, 7) is 4.08. The summed E-state index contributed by atoms with van der Waals surface area (Å²) < 4.78 is 11.4. The molecule has 0 spiro atoms. The van der Waals surface area contributed by atoms with Crippen LogP contribution in [0.1, 0.15) is 41.3 Å². The summed E-state index contributed by atoms with van der Waals surface area (Å²) in [6.07, 6.45) is -0.154. The maximum atomic E-state index is 12.9. The van der Waals surface area contributed by atoms with Gasteiger partial charge in [0, 0.05) is 31.1 Å². The predicted molar refractivity (Wildman–Crippen MR) is 140 cm³/mol. The molecule has 0 saturated carbocycles. The number of aliphatic hydroxyl groups is 1. The number of aromatic hydroxyl groups is 1. The van der Waals surface area contributed by atoms with Crippen LogP contribution in [0.5, 0.6) is 11.5 Å². The van der Waals surface area contributed by atoms with E-state index in [4.69, 9.17) is 9.15 Å². The highest BCUT2D eigenvalue weighted by molar-refractivity contribution is 5.91. The highest BCUT2D eigenvalue weighted by Crippen LogP contribution is 2.28. The number of aromatic amines is 1. The lowest BCUT2D eigenvalue weighted by atomic mass is 10.0. The lowest BCUT2D eigenvalue weighted by Crippen LogP contribution is -2.33. The summed E-state index contributed by atoms with van der Waals surface area (Å²) in [5, 5.41) is 24.5. The number of nitrogens with one attached hydrogen (secondary N) is 2. The minimum Gasteiger partial charge on any atom is -0.506 e. The van der Waals surface area contributed by atoms with Crippen LogP contribution in [0.25, 0.3) is 10.9 Å². The largest absolute Gasteiger partial charge is 0.506 e. The van der Waals surface area contributed by atoms with Gasteiger partial charge in [-0.3, -0.25) is 9.59 Å². The number of carbonyl (C=O) groups is 1. The van der Waals surface area contributed by atoms with Crippen LogP contribution >= 0.6 is 0 Å². The summed E-state index contributed by atoms with van der Waals surface area (Å²) in [7, 11) is 0. The molecule has 1 atom stereocenters. The molecule has 2 aromatic carbocycles. The van der Waals surface area contributed by atoms with E-state index in [0.29, 0.717) is 48.3 Å². The number of rotatable bonds is 12. The van der Waals surface area contributed by atoms with E-state index >= 15 is 0 Å². The first kappa shape index (κ1) is 26.0. The fraction of sp³-hybridized carbons (Fsp3) is 0.286. The molecule has 2 aromatic heterocycles. The Morgan fingerprint density at radius 1 is 1.11 bits per heavy atom.